The van der Waals surface area contributed by atoms with Gasteiger partial charge < -0.3 is 25.6 Å². The predicted octanol–water partition coefficient (Wildman–Crippen LogP) is 4.62. The van der Waals surface area contributed by atoms with Crippen molar-refractivity contribution in [2.24, 2.45) is 0 Å². The number of carbonyl (C=O) groups is 2. The van der Waals surface area contributed by atoms with Crippen molar-refractivity contribution in [3.05, 3.63) is 72.7 Å². The molecular weight excluding hydrogens is 480 g/mol. The van der Waals surface area contributed by atoms with E-state index in [1.54, 1.807) is 48.9 Å². The summed E-state index contributed by atoms with van der Waals surface area (Å²) in [6.07, 6.45) is 9.34. The Labute approximate surface area is 224 Å². The van der Waals surface area contributed by atoms with E-state index in [2.05, 4.69) is 44.8 Å². The molecule has 200 valence electrons. The number of rotatable bonds is 11. The number of anilines is 3. The van der Waals surface area contributed by atoms with E-state index in [0.717, 1.165) is 50.1 Å². The number of pyridine rings is 2. The Morgan fingerprint density at radius 2 is 1.84 bits per heavy atom. The summed E-state index contributed by atoms with van der Waals surface area (Å²) in [6, 6.07) is 13.8. The zero-order valence-electron chi connectivity index (χ0n) is 22.0. The molecule has 1 atom stereocenters. The highest BCUT2D eigenvalue weighted by atomic mass is 16.5. The van der Waals surface area contributed by atoms with Crippen LogP contribution in [0.1, 0.15) is 49.4 Å². The van der Waals surface area contributed by atoms with Crippen LogP contribution < -0.4 is 20.7 Å². The van der Waals surface area contributed by atoms with Crippen molar-refractivity contribution in [2.75, 3.05) is 30.8 Å². The van der Waals surface area contributed by atoms with Crippen LogP contribution in [-0.4, -0.2) is 59.0 Å². The fraction of sp³-hybridized carbons (Fsp3) is 0.379. The molecule has 0 aliphatic carbocycles. The number of amides is 2. The van der Waals surface area contributed by atoms with Gasteiger partial charge in [-0.3, -0.25) is 14.6 Å². The number of hydrogen-bond donors (Lipinski definition) is 3. The lowest BCUT2D eigenvalue weighted by atomic mass is 10.1. The van der Waals surface area contributed by atoms with E-state index in [-0.39, 0.29) is 17.9 Å². The van der Waals surface area contributed by atoms with Crippen LogP contribution in [0.5, 0.6) is 5.88 Å². The number of benzene rings is 1. The average Bonchev–Trinajstić information content (AvgIpc) is 2.94. The Morgan fingerprint density at radius 1 is 1.05 bits per heavy atom. The topological polar surface area (TPSA) is 108 Å². The Hall–Kier alpha value is -3.98. The van der Waals surface area contributed by atoms with E-state index in [0.29, 0.717) is 23.6 Å². The van der Waals surface area contributed by atoms with Gasteiger partial charge in [0.25, 0.3) is 5.91 Å². The summed E-state index contributed by atoms with van der Waals surface area (Å²) in [5, 5.41) is 9.06. The minimum Gasteiger partial charge on any atom is -0.474 e. The van der Waals surface area contributed by atoms with Crippen LogP contribution in [0.4, 0.5) is 17.1 Å². The van der Waals surface area contributed by atoms with Crippen molar-refractivity contribution >= 4 is 28.9 Å². The molecule has 2 amide bonds. The Balaban J connectivity index is 1.35. The van der Waals surface area contributed by atoms with Gasteiger partial charge in [0.05, 0.1) is 11.9 Å². The van der Waals surface area contributed by atoms with Crippen LogP contribution in [0, 0.1) is 0 Å². The lowest BCUT2D eigenvalue weighted by Crippen LogP contribution is -2.43. The van der Waals surface area contributed by atoms with Gasteiger partial charge >= 0.3 is 0 Å². The van der Waals surface area contributed by atoms with E-state index >= 15 is 0 Å². The molecule has 0 bridgehead atoms. The number of nitrogens with one attached hydrogen (secondary N) is 3. The van der Waals surface area contributed by atoms with Crippen molar-refractivity contribution in [3.8, 4) is 5.88 Å². The molecule has 0 radical (unpaired) electrons. The van der Waals surface area contributed by atoms with E-state index in [9.17, 15) is 9.59 Å². The van der Waals surface area contributed by atoms with E-state index in [1.807, 2.05) is 18.2 Å². The molecule has 1 aromatic carbocycles. The molecule has 9 nitrogen and oxygen atoms in total. The number of carbonyl (C=O) groups excluding carboxylic acids is 2. The lowest BCUT2D eigenvalue weighted by molar-refractivity contribution is -0.118. The third-order valence-corrected chi connectivity index (χ3v) is 6.52. The maximum absolute atomic E-state index is 13.1. The molecule has 38 heavy (non-hydrogen) atoms. The average molecular weight is 517 g/mol. The molecule has 0 spiro atoms. The monoisotopic (exact) mass is 516 g/mol. The molecule has 1 unspecified atom stereocenters. The van der Waals surface area contributed by atoms with Crippen LogP contribution in [0.25, 0.3) is 0 Å². The molecule has 1 aliphatic rings. The van der Waals surface area contributed by atoms with Crippen LogP contribution in [0.15, 0.2) is 67.1 Å². The number of likely N-dealkylation sites (tertiary alicyclic amines) is 1. The largest absolute Gasteiger partial charge is 0.474 e. The quantitative estimate of drug-likeness (QED) is 0.341. The van der Waals surface area contributed by atoms with Crippen LogP contribution in [-0.2, 0) is 4.79 Å². The first-order valence-corrected chi connectivity index (χ1v) is 13.2. The van der Waals surface area contributed by atoms with Crippen LogP contribution in [0.3, 0.4) is 0 Å². The molecule has 3 aromatic rings. The second kappa shape index (κ2) is 13.5. The smallest absolute Gasteiger partial charge is 0.252 e. The lowest BCUT2D eigenvalue weighted by Gasteiger charge is -2.28. The maximum Gasteiger partial charge on any atom is 0.252 e. The Kier molecular flexibility index (Phi) is 9.64. The van der Waals surface area contributed by atoms with Crippen molar-refractivity contribution < 1.29 is 14.3 Å². The van der Waals surface area contributed by atoms with Gasteiger partial charge in [-0.1, -0.05) is 25.8 Å². The summed E-state index contributed by atoms with van der Waals surface area (Å²) < 4.78 is 6.00. The number of ether oxygens (including phenoxy) is 1. The summed E-state index contributed by atoms with van der Waals surface area (Å²) in [5.41, 5.74) is 2.67. The number of piperidine rings is 1. The summed E-state index contributed by atoms with van der Waals surface area (Å²) >= 11 is 0. The minimum atomic E-state index is -0.672. The first-order chi connectivity index (χ1) is 18.5. The molecule has 2 aromatic heterocycles. The highest BCUT2D eigenvalue weighted by molar-refractivity contribution is 6.01. The van der Waals surface area contributed by atoms with Crippen molar-refractivity contribution in [2.45, 2.75) is 51.2 Å². The summed E-state index contributed by atoms with van der Waals surface area (Å²) in [7, 11) is 2.11. The van der Waals surface area contributed by atoms with Gasteiger partial charge in [0, 0.05) is 48.5 Å². The fourth-order valence-electron chi connectivity index (χ4n) is 4.29. The molecular formula is C29H36N6O3. The first-order valence-electron chi connectivity index (χ1n) is 13.2. The van der Waals surface area contributed by atoms with Crippen LogP contribution >= 0.6 is 0 Å². The Bertz CT molecular complexity index is 1180. The van der Waals surface area contributed by atoms with Gasteiger partial charge in [0.15, 0.2) is 0 Å². The molecule has 1 saturated heterocycles. The molecule has 0 saturated carbocycles. The normalized spacial score (nSPS) is 14.9. The molecule has 3 heterocycles. The molecule has 1 fully saturated rings. The zero-order valence-corrected chi connectivity index (χ0v) is 22.0. The van der Waals surface area contributed by atoms with Gasteiger partial charge in [-0.15, -0.1) is 0 Å². The molecule has 3 N–H and O–H groups in total. The molecule has 1 aliphatic heterocycles. The summed E-state index contributed by atoms with van der Waals surface area (Å²) in [5.74, 6) is -0.0306. The standard InChI is InChI=1S/C29H36N6O3/c1-3-4-8-26(34-28(36)21-6-5-7-23(19-21)32-22-11-15-30-16-12-22)29(37)33-24-9-10-27(31-20-24)38-25-13-17-35(2)18-14-25/h5-7,9-12,15-16,19-20,25-26H,3-4,8,13-14,17-18H2,1-2H3,(H,30,32)(H,33,37)(H,34,36). The van der Waals surface area contributed by atoms with Gasteiger partial charge in [-0.25, -0.2) is 4.98 Å². The van der Waals surface area contributed by atoms with Gasteiger partial charge in [-0.05, 0) is 62.7 Å². The minimum absolute atomic E-state index is 0.159. The van der Waals surface area contributed by atoms with E-state index in [1.165, 1.54) is 0 Å². The second-order valence-corrected chi connectivity index (χ2v) is 9.60. The van der Waals surface area contributed by atoms with Crippen molar-refractivity contribution in [1.82, 2.24) is 20.2 Å². The van der Waals surface area contributed by atoms with Gasteiger partial charge in [0.2, 0.25) is 11.8 Å². The zero-order chi connectivity index (χ0) is 26.7. The van der Waals surface area contributed by atoms with Crippen molar-refractivity contribution in [3.63, 3.8) is 0 Å². The highest BCUT2D eigenvalue weighted by Gasteiger charge is 2.22. The second-order valence-electron chi connectivity index (χ2n) is 9.60. The number of nitrogens with zero attached hydrogens (tertiary/aromatic N) is 3. The fourth-order valence-corrected chi connectivity index (χ4v) is 4.29. The van der Waals surface area contributed by atoms with Gasteiger partial charge in [0.1, 0.15) is 12.1 Å². The maximum atomic E-state index is 13.1. The number of hydrogen-bond acceptors (Lipinski definition) is 7. The SMILES string of the molecule is CCCCC(NC(=O)c1cccc(Nc2ccncc2)c1)C(=O)Nc1ccc(OC2CCN(C)CC2)nc1. The summed E-state index contributed by atoms with van der Waals surface area (Å²) in [4.78, 5) is 36.9. The predicted molar refractivity (Wildman–Crippen MR) is 149 cm³/mol. The summed E-state index contributed by atoms with van der Waals surface area (Å²) in [6.45, 7) is 4.07. The third kappa shape index (κ3) is 8.01. The van der Waals surface area contributed by atoms with Crippen molar-refractivity contribution in [1.29, 1.82) is 0 Å². The third-order valence-electron chi connectivity index (χ3n) is 6.52. The first kappa shape index (κ1) is 27.1. The number of unbranched alkanes of at least 4 members (excludes halogenated alkanes) is 1. The van der Waals surface area contributed by atoms with Gasteiger partial charge in [-0.2, -0.15) is 0 Å². The van der Waals surface area contributed by atoms with Crippen LogP contribution in [0.2, 0.25) is 0 Å². The Morgan fingerprint density at radius 3 is 2.55 bits per heavy atom. The highest BCUT2D eigenvalue weighted by Crippen LogP contribution is 2.20. The van der Waals surface area contributed by atoms with E-state index in [4.69, 9.17) is 4.74 Å². The molecule has 4 rings (SSSR count). The van der Waals surface area contributed by atoms with E-state index < -0.39 is 6.04 Å². The molecule has 9 heteroatoms. The number of aromatic nitrogens is 2.